The van der Waals surface area contributed by atoms with Crippen molar-refractivity contribution in [3.05, 3.63) is 42.5 Å². The van der Waals surface area contributed by atoms with Crippen LogP contribution in [0.5, 0.6) is 0 Å². The maximum absolute atomic E-state index is 11.4. The molecule has 0 radical (unpaired) electrons. The number of carbonyl (C=O) groups is 1. The third-order valence-corrected chi connectivity index (χ3v) is 4.30. The summed E-state index contributed by atoms with van der Waals surface area (Å²) in [5.74, 6) is -1.90. The molecule has 5 N–H and O–H groups in total. The number of halogens is 3. The standard InChI is InChI=1S/C16H17N5O2S.C2HF3O2/c1-18-15-13-7-6-11(9-14(13)19-16(17)20-15)10-4-3-5-12(8-10)21-24(2,22)23;3-2(4,5)1(6)7/h3-9,21H,1-2H3,(H3,17,18,19,20);(H,6,7). The molecule has 1 aromatic heterocycles. The summed E-state index contributed by atoms with van der Waals surface area (Å²) in [6.45, 7) is 0. The number of fused-ring (bicyclic) bond motifs is 1. The Morgan fingerprint density at radius 1 is 1.10 bits per heavy atom. The lowest BCUT2D eigenvalue weighted by atomic mass is 10.0. The molecule has 166 valence electrons. The number of hydrogen-bond acceptors (Lipinski definition) is 7. The van der Waals surface area contributed by atoms with Gasteiger partial charge in [-0.15, -0.1) is 0 Å². The number of aromatic nitrogens is 2. The fraction of sp³-hybridized carbons (Fsp3) is 0.167. The predicted octanol–water partition coefficient (Wildman–Crippen LogP) is 2.93. The van der Waals surface area contributed by atoms with Gasteiger partial charge in [0.1, 0.15) is 5.82 Å². The molecule has 9 nitrogen and oxygen atoms in total. The zero-order chi connectivity index (χ0) is 23.4. The fourth-order valence-corrected chi connectivity index (χ4v) is 3.05. The summed E-state index contributed by atoms with van der Waals surface area (Å²) in [4.78, 5) is 17.3. The van der Waals surface area contributed by atoms with Crippen molar-refractivity contribution < 1.29 is 31.5 Å². The zero-order valence-corrected chi connectivity index (χ0v) is 17.0. The molecule has 0 aliphatic carbocycles. The summed E-state index contributed by atoms with van der Waals surface area (Å²) in [7, 11) is -1.55. The molecule has 0 fully saturated rings. The smallest absolute Gasteiger partial charge is 0.475 e. The maximum atomic E-state index is 11.4. The van der Waals surface area contributed by atoms with Crippen LogP contribution in [0.25, 0.3) is 22.0 Å². The Hall–Kier alpha value is -3.61. The molecule has 0 bridgehead atoms. The van der Waals surface area contributed by atoms with Gasteiger partial charge in [-0.2, -0.15) is 18.2 Å². The number of rotatable bonds is 4. The van der Waals surface area contributed by atoms with E-state index in [2.05, 4.69) is 20.0 Å². The number of hydrogen-bond donors (Lipinski definition) is 4. The van der Waals surface area contributed by atoms with E-state index in [1.165, 1.54) is 0 Å². The molecule has 13 heteroatoms. The Morgan fingerprint density at radius 3 is 2.26 bits per heavy atom. The third-order valence-electron chi connectivity index (χ3n) is 3.69. The molecule has 0 saturated heterocycles. The van der Waals surface area contributed by atoms with Crippen LogP contribution >= 0.6 is 0 Å². The zero-order valence-electron chi connectivity index (χ0n) is 16.2. The first-order valence-corrected chi connectivity index (χ1v) is 10.3. The first-order chi connectivity index (χ1) is 14.3. The maximum Gasteiger partial charge on any atom is 0.490 e. The molecule has 2 aromatic carbocycles. The Bertz CT molecular complexity index is 1220. The number of sulfonamides is 1. The monoisotopic (exact) mass is 457 g/mol. The van der Waals surface area contributed by atoms with Gasteiger partial charge < -0.3 is 16.2 Å². The molecule has 0 aliphatic heterocycles. The highest BCUT2D eigenvalue weighted by Crippen LogP contribution is 2.28. The number of nitrogens with one attached hydrogen (secondary N) is 2. The largest absolute Gasteiger partial charge is 0.490 e. The average Bonchev–Trinajstić information content (AvgIpc) is 2.65. The summed E-state index contributed by atoms with van der Waals surface area (Å²) in [5, 5.41) is 11.0. The molecular weight excluding hydrogens is 439 g/mol. The van der Waals surface area contributed by atoms with Crippen molar-refractivity contribution in [2.24, 2.45) is 0 Å². The Labute approximate surface area is 175 Å². The molecule has 0 saturated carbocycles. The van der Waals surface area contributed by atoms with Gasteiger partial charge in [0.05, 0.1) is 11.8 Å². The van der Waals surface area contributed by atoms with Gasteiger partial charge in [-0.25, -0.2) is 18.2 Å². The van der Waals surface area contributed by atoms with Gasteiger partial charge in [-0.05, 0) is 35.4 Å². The van der Waals surface area contributed by atoms with E-state index in [-0.39, 0.29) is 5.95 Å². The third kappa shape index (κ3) is 6.70. The highest BCUT2D eigenvalue weighted by atomic mass is 32.2. The van der Waals surface area contributed by atoms with Crippen LogP contribution in [0.15, 0.2) is 42.5 Å². The first kappa shape index (κ1) is 23.7. The van der Waals surface area contributed by atoms with Crippen molar-refractivity contribution in [3.63, 3.8) is 0 Å². The second-order valence-electron chi connectivity index (χ2n) is 6.17. The highest BCUT2D eigenvalue weighted by molar-refractivity contribution is 7.92. The first-order valence-electron chi connectivity index (χ1n) is 8.43. The number of nitrogen functional groups attached to an aromatic ring is 1. The number of alkyl halides is 3. The summed E-state index contributed by atoms with van der Waals surface area (Å²) in [6.07, 6.45) is -3.96. The van der Waals surface area contributed by atoms with Crippen LogP contribution in [-0.4, -0.2) is 48.9 Å². The van der Waals surface area contributed by atoms with Crippen LogP contribution in [0.3, 0.4) is 0 Å². The number of carboxylic acid groups (broad SMARTS) is 1. The van der Waals surface area contributed by atoms with E-state index in [9.17, 15) is 21.6 Å². The van der Waals surface area contributed by atoms with E-state index >= 15 is 0 Å². The van der Waals surface area contributed by atoms with E-state index in [4.69, 9.17) is 15.6 Å². The second kappa shape index (κ2) is 9.04. The van der Waals surface area contributed by atoms with Gasteiger partial charge in [0.15, 0.2) is 0 Å². The quantitative estimate of drug-likeness (QED) is 0.468. The van der Waals surface area contributed by atoms with Crippen molar-refractivity contribution in [1.29, 1.82) is 0 Å². The number of nitrogens with two attached hydrogens (primary N) is 1. The van der Waals surface area contributed by atoms with E-state index in [0.29, 0.717) is 17.0 Å². The van der Waals surface area contributed by atoms with E-state index in [1.54, 1.807) is 25.2 Å². The average molecular weight is 457 g/mol. The summed E-state index contributed by atoms with van der Waals surface area (Å²) < 4.78 is 57.0. The number of aliphatic carboxylic acids is 1. The summed E-state index contributed by atoms with van der Waals surface area (Å²) >= 11 is 0. The number of anilines is 3. The lowest BCUT2D eigenvalue weighted by molar-refractivity contribution is -0.192. The SMILES string of the molecule is CNc1nc(N)nc2cc(-c3cccc(NS(C)(=O)=O)c3)ccc12.O=C(O)C(F)(F)F. The van der Waals surface area contributed by atoms with Crippen molar-refractivity contribution in [2.75, 3.05) is 29.1 Å². The number of nitrogens with zero attached hydrogens (tertiary/aromatic N) is 2. The normalized spacial score (nSPS) is 11.4. The predicted molar refractivity (Wildman–Crippen MR) is 111 cm³/mol. The van der Waals surface area contributed by atoms with Crippen molar-refractivity contribution >= 4 is 44.3 Å². The van der Waals surface area contributed by atoms with Gasteiger partial charge in [-0.1, -0.05) is 18.2 Å². The van der Waals surface area contributed by atoms with Crippen LogP contribution in [0.1, 0.15) is 0 Å². The minimum absolute atomic E-state index is 0.191. The minimum atomic E-state index is -5.08. The van der Waals surface area contributed by atoms with Crippen LogP contribution in [-0.2, 0) is 14.8 Å². The Balaban J connectivity index is 0.000000423. The molecule has 0 amide bonds. The second-order valence-corrected chi connectivity index (χ2v) is 7.92. The van der Waals surface area contributed by atoms with Crippen molar-refractivity contribution in [2.45, 2.75) is 6.18 Å². The molecule has 3 rings (SSSR count). The van der Waals surface area contributed by atoms with E-state index in [1.807, 2.05) is 24.3 Å². The van der Waals surface area contributed by atoms with Gasteiger partial charge >= 0.3 is 12.1 Å². The molecule has 3 aromatic rings. The van der Waals surface area contributed by atoms with Gasteiger partial charge in [0.2, 0.25) is 16.0 Å². The van der Waals surface area contributed by atoms with Gasteiger partial charge in [0.25, 0.3) is 0 Å². The van der Waals surface area contributed by atoms with Crippen molar-refractivity contribution in [3.8, 4) is 11.1 Å². The fourth-order valence-electron chi connectivity index (χ4n) is 2.49. The molecule has 0 unspecified atom stereocenters. The lowest BCUT2D eigenvalue weighted by Crippen LogP contribution is -2.21. The van der Waals surface area contributed by atoms with Crippen LogP contribution < -0.4 is 15.8 Å². The topological polar surface area (TPSA) is 147 Å². The van der Waals surface area contributed by atoms with E-state index < -0.39 is 22.2 Å². The molecule has 31 heavy (non-hydrogen) atoms. The van der Waals surface area contributed by atoms with Crippen LogP contribution in [0.4, 0.5) is 30.6 Å². The van der Waals surface area contributed by atoms with Gasteiger partial charge in [-0.3, -0.25) is 4.72 Å². The molecule has 0 spiro atoms. The summed E-state index contributed by atoms with van der Waals surface area (Å²) in [5.41, 5.74) is 8.74. The Morgan fingerprint density at radius 2 is 1.71 bits per heavy atom. The minimum Gasteiger partial charge on any atom is -0.475 e. The molecule has 0 aliphatic rings. The Kier molecular flexibility index (Phi) is 6.90. The molecule has 0 atom stereocenters. The molecular formula is C18H18F3N5O4S. The lowest BCUT2D eigenvalue weighted by Gasteiger charge is -2.09. The van der Waals surface area contributed by atoms with Crippen LogP contribution in [0, 0.1) is 0 Å². The van der Waals surface area contributed by atoms with Crippen LogP contribution in [0.2, 0.25) is 0 Å². The summed E-state index contributed by atoms with van der Waals surface area (Å²) in [6, 6.07) is 12.9. The number of carboxylic acids is 1. The number of benzene rings is 2. The highest BCUT2D eigenvalue weighted by Gasteiger charge is 2.38. The van der Waals surface area contributed by atoms with Gasteiger partial charge in [0, 0.05) is 18.1 Å². The van der Waals surface area contributed by atoms with Crippen molar-refractivity contribution in [1.82, 2.24) is 9.97 Å². The molecule has 1 heterocycles. The van der Waals surface area contributed by atoms with E-state index in [0.717, 1.165) is 22.8 Å².